The molecule has 4 aliphatic rings. The second kappa shape index (κ2) is 7.49. The summed E-state index contributed by atoms with van der Waals surface area (Å²) in [5, 5.41) is 11.7. The van der Waals surface area contributed by atoms with Crippen molar-refractivity contribution in [3.63, 3.8) is 0 Å². The zero-order valence-corrected chi connectivity index (χ0v) is 22.0. The van der Waals surface area contributed by atoms with E-state index in [9.17, 15) is 5.11 Å². The molecule has 0 amide bonds. The lowest BCUT2D eigenvalue weighted by Gasteiger charge is -2.49. The number of aliphatic hydroxyl groups is 1. The fourth-order valence-corrected chi connectivity index (χ4v) is 7.29. The minimum atomic E-state index is -1.87. The van der Waals surface area contributed by atoms with Gasteiger partial charge in [0, 0.05) is 31.8 Å². The summed E-state index contributed by atoms with van der Waals surface area (Å²) >= 11 is 0. The van der Waals surface area contributed by atoms with E-state index in [4.69, 9.17) is 23.4 Å². The zero-order valence-electron chi connectivity index (χ0n) is 21.0. The number of fused-ring (bicyclic) bond motifs is 3. The molecule has 3 saturated heterocycles. The third-order valence-electron chi connectivity index (χ3n) is 8.53. The molecule has 1 spiro atoms. The van der Waals surface area contributed by atoms with E-state index in [-0.39, 0.29) is 41.5 Å². The third-order valence-corrected chi connectivity index (χ3v) is 13.1. The van der Waals surface area contributed by atoms with Crippen LogP contribution in [0.3, 0.4) is 0 Å². The van der Waals surface area contributed by atoms with Crippen molar-refractivity contribution in [2.45, 2.75) is 146 Å². The van der Waals surface area contributed by atoms with Crippen molar-refractivity contribution in [3.05, 3.63) is 0 Å². The van der Waals surface area contributed by atoms with Gasteiger partial charge in [0.05, 0.1) is 18.3 Å². The van der Waals surface area contributed by atoms with E-state index in [0.29, 0.717) is 12.8 Å². The Morgan fingerprint density at radius 3 is 2.39 bits per heavy atom. The van der Waals surface area contributed by atoms with Crippen LogP contribution in [0.4, 0.5) is 0 Å². The van der Waals surface area contributed by atoms with Crippen LogP contribution in [0.25, 0.3) is 0 Å². The Bertz CT molecular complexity index is 690. The van der Waals surface area contributed by atoms with Crippen molar-refractivity contribution < 1.29 is 28.5 Å². The highest BCUT2D eigenvalue weighted by atomic mass is 28.4. The van der Waals surface area contributed by atoms with Crippen LogP contribution in [0.1, 0.15) is 80.6 Å². The van der Waals surface area contributed by atoms with Crippen LogP contribution in [0, 0.1) is 5.92 Å². The molecule has 180 valence electrons. The van der Waals surface area contributed by atoms with Gasteiger partial charge in [0.1, 0.15) is 11.7 Å². The fourth-order valence-electron chi connectivity index (χ4n) is 5.78. The Balaban J connectivity index is 1.43. The molecule has 31 heavy (non-hydrogen) atoms. The van der Waals surface area contributed by atoms with Gasteiger partial charge in [-0.1, -0.05) is 27.7 Å². The van der Waals surface area contributed by atoms with Gasteiger partial charge in [-0.15, -0.1) is 0 Å². The van der Waals surface area contributed by atoms with E-state index < -0.39 is 25.5 Å². The van der Waals surface area contributed by atoms with E-state index in [2.05, 4.69) is 47.7 Å². The van der Waals surface area contributed by atoms with Crippen molar-refractivity contribution in [2.24, 2.45) is 5.92 Å². The fraction of sp³-hybridized carbons (Fsp3) is 1.00. The summed E-state index contributed by atoms with van der Waals surface area (Å²) in [5.41, 5.74) is -0.480. The maximum atomic E-state index is 11.6. The van der Waals surface area contributed by atoms with E-state index in [1.165, 1.54) is 0 Å². The van der Waals surface area contributed by atoms with Gasteiger partial charge in [0.15, 0.2) is 19.9 Å². The van der Waals surface area contributed by atoms with Crippen molar-refractivity contribution in [1.29, 1.82) is 0 Å². The molecule has 0 aromatic carbocycles. The Labute approximate surface area is 189 Å². The van der Waals surface area contributed by atoms with Crippen molar-refractivity contribution in [2.75, 3.05) is 0 Å². The molecular formula is C24H44O6Si. The van der Waals surface area contributed by atoms with Crippen LogP contribution in [0.5, 0.6) is 0 Å². The van der Waals surface area contributed by atoms with Gasteiger partial charge in [-0.25, -0.2) is 0 Å². The first-order valence-electron chi connectivity index (χ1n) is 12.2. The maximum Gasteiger partial charge on any atom is 0.192 e. The van der Waals surface area contributed by atoms with Gasteiger partial charge in [-0.3, -0.25) is 0 Å². The lowest BCUT2D eigenvalue weighted by molar-refractivity contribution is -0.317. The highest BCUT2D eigenvalue weighted by Crippen LogP contribution is 2.55. The van der Waals surface area contributed by atoms with Gasteiger partial charge < -0.3 is 28.5 Å². The molecule has 3 aliphatic heterocycles. The summed E-state index contributed by atoms with van der Waals surface area (Å²) in [7, 11) is -1.87. The molecule has 2 bridgehead atoms. The lowest BCUT2D eigenvalue weighted by Crippen LogP contribution is -2.58. The molecule has 1 saturated carbocycles. The van der Waals surface area contributed by atoms with E-state index in [1.54, 1.807) is 0 Å². The van der Waals surface area contributed by atoms with Gasteiger partial charge in [-0.2, -0.15) is 0 Å². The first-order chi connectivity index (χ1) is 14.0. The summed E-state index contributed by atoms with van der Waals surface area (Å²) < 4.78 is 31.9. The summed E-state index contributed by atoms with van der Waals surface area (Å²) in [4.78, 5) is 0. The highest BCUT2D eigenvalue weighted by Gasteiger charge is 2.66. The molecule has 1 unspecified atom stereocenters. The number of ether oxygens (including phenoxy) is 4. The minimum absolute atomic E-state index is 0.00916. The molecule has 0 radical (unpaired) electrons. The normalized spacial score (nSPS) is 43.9. The molecule has 1 N–H and O–H groups in total. The Hall–Kier alpha value is -0.0231. The molecular weight excluding hydrogens is 412 g/mol. The highest BCUT2D eigenvalue weighted by molar-refractivity contribution is 6.74. The van der Waals surface area contributed by atoms with Crippen molar-refractivity contribution >= 4 is 8.32 Å². The molecule has 8 atom stereocenters. The van der Waals surface area contributed by atoms with E-state index in [0.717, 1.165) is 19.3 Å². The largest absolute Gasteiger partial charge is 0.414 e. The van der Waals surface area contributed by atoms with E-state index in [1.807, 2.05) is 13.8 Å². The average molecular weight is 457 g/mol. The molecule has 0 aromatic rings. The predicted octanol–water partition coefficient (Wildman–Crippen LogP) is 4.74. The molecule has 7 heteroatoms. The summed E-state index contributed by atoms with van der Waals surface area (Å²) in [6.07, 6.45) is 3.42. The van der Waals surface area contributed by atoms with Crippen LogP contribution in [-0.4, -0.2) is 61.1 Å². The van der Waals surface area contributed by atoms with Crippen LogP contribution in [0.15, 0.2) is 0 Å². The van der Waals surface area contributed by atoms with Crippen LogP contribution in [-0.2, 0) is 23.4 Å². The van der Waals surface area contributed by atoms with Gasteiger partial charge in [0.2, 0.25) is 0 Å². The number of rotatable bonds is 5. The third kappa shape index (κ3) is 4.41. The zero-order chi connectivity index (χ0) is 23.0. The first-order valence-corrected chi connectivity index (χ1v) is 15.1. The topological polar surface area (TPSA) is 66.4 Å². The quantitative estimate of drug-likeness (QED) is 0.603. The summed E-state index contributed by atoms with van der Waals surface area (Å²) in [6.45, 7) is 19.6. The van der Waals surface area contributed by atoms with Gasteiger partial charge >= 0.3 is 0 Å². The standard InChI is InChI=1S/C24H44O6Si/c1-15(16(2)29-31(8,9)21(3,4)5)12-24(25)11-10-19-23(30-24)13-17(26-19)20-18(14-23)27-22(6,7)28-20/h15-20,25H,10-14H2,1-9H3/t15-,16+,17-,18-,19+,20?,23-,24+/m1/s1. The molecule has 3 heterocycles. The molecule has 4 rings (SSSR count). The van der Waals surface area contributed by atoms with Crippen LogP contribution in [0.2, 0.25) is 18.1 Å². The lowest BCUT2D eigenvalue weighted by atomic mass is 9.75. The average Bonchev–Trinajstić information content (AvgIpc) is 3.06. The second-order valence-corrected chi connectivity index (χ2v) is 17.4. The van der Waals surface area contributed by atoms with Crippen LogP contribution >= 0.6 is 0 Å². The molecule has 0 aromatic heterocycles. The van der Waals surface area contributed by atoms with Gasteiger partial charge in [-0.05, 0) is 51.2 Å². The monoisotopic (exact) mass is 456 g/mol. The maximum absolute atomic E-state index is 11.6. The Kier molecular flexibility index (Phi) is 5.82. The first kappa shape index (κ1) is 24.1. The van der Waals surface area contributed by atoms with Gasteiger partial charge in [0.25, 0.3) is 0 Å². The minimum Gasteiger partial charge on any atom is -0.414 e. The Morgan fingerprint density at radius 1 is 1.10 bits per heavy atom. The summed E-state index contributed by atoms with van der Waals surface area (Å²) in [5.74, 6) is -1.56. The molecule has 6 nitrogen and oxygen atoms in total. The molecule has 4 fully saturated rings. The van der Waals surface area contributed by atoms with Crippen molar-refractivity contribution in [1.82, 2.24) is 0 Å². The summed E-state index contributed by atoms with van der Waals surface area (Å²) in [6, 6.07) is 0. The number of hydrogen-bond acceptors (Lipinski definition) is 6. The van der Waals surface area contributed by atoms with Crippen LogP contribution < -0.4 is 0 Å². The van der Waals surface area contributed by atoms with Crippen molar-refractivity contribution in [3.8, 4) is 0 Å². The molecule has 1 aliphatic carbocycles. The Morgan fingerprint density at radius 2 is 1.74 bits per heavy atom. The SMILES string of the molecule is C[C@H](C[C@]1(O)CC[C@@H]2O[C@@H]3C[C@]2(C[C@H]2OC(C)(C)OC32)O1)[C@H](C)O[Si](C)(C)C(C)(C)C. The smallest absolute Gasteiger partial charge is 0.192 e. The predicted molar refractivity (Wildman–Crippen MR) is 121 cm³/mol. The second-order valence-electron chi connectivity index (χ2n) is 12.6. The van der Waals surface area contributed by atoms with E-state index >= 15 is 0 Å². The number of hydrogen-bond donors (Lipinski definition) is 1.